The van der Waals surface area contributed by atoms with Gasteiger partial charge in [-0.05, 0) is 44.3 Å². The molecule has 0 aromatic heterocycles. The molecule has 0 aliphatic heterocycles. The number of nitro benzene ring substituents is 1. The fourth-order valence-electron chi connectivity index (χ4n) is 2.05. The Labute approximate surface area is 128 Å². The molecule has 21 heavy (non-hydrogen) atoms. The van der Waals surface area contributed by atoms with E-state index in [2.05, 4.69) is 11.0 Å². The molecule has 5 heteroatoms. The first kappa shape index (κ1) is 15.5. The van der Waals surface area contributed by atoms with Gasteiger partial charge in [0.25, 0.3) is 5.69 Å². The predicted octanol–water partition coefficient (Wildman–Crippen LogP) is 4.12. The van der Waals surface area contributed by atoms with Crippen molar-refractivity contribution in [1.29, 1.82) is 0 Å². The molecule has 0 fully saturated rings. The van der Waals surface area contributed by atoms with Crippen LogP contribution in [0.15, 0.2) is 52.3 Å². The number of benzene rings is 2. The molecule has 0 radical (unpaired) electrons. The van der Waals surface area contributed by atoms with Crippen LogP contribution < -0.4 is 0 Å². The van der Waals surface area contributed by atoms with E-state index in [1.807, 2.05) is 51.4 Å². The zero-order valence-corrected chi connectivity index (χ0v) is 13.2. The lowest BCUT2D eigenvalue weighted by molar-refractivity contribution is -0.387. The van der Waals surface area contributed by atoms with Crippen LogP contribution in [0, 0.1) is 17.0 Å². The van der Waals surface area contributed by atoms with Crippen molar-refractivity contribution in [3.05, 3.63) is 63.7 Å². The average Bonchev–Trinajstić information content (AvgIpc) is 2.42. The maximum atomic E-state index is 11.2. The third kappa shape index (κ3) is 4.06. The van der Waals surface area contributed by atoms with Gasteiger partial charge in [0.05, 0.1) is 9.82 Å². The highest BCUT2D eigenvalue weighted by atomic mass is 32.2. The molecule has 0 heterocycles. The van der Waals surface area contributed by atoms with Crippen LogP contribution in [0.4, 0.5) is 5.69 Å². The minimum atomic E-state index is -0.316. The molecule has 0 saturated carbocycles. The Bertz CT molecular complexity index is 656. The van der Waals surface area contributed by atoms with Gasteiger partial charge in [0.2, 0.25) is 0 Å². The van der Waals surface area contributed by atoms with E-state index >= 15 is 0 Å². The van der Waals surface area contributed by atoms with Crippen molar-refractivity contribution in [2.75, 3.05) is 14.1 Å². The minimum Gasteiger partial charge on any atom is -0.305 e. The largest absolute Gasteiger partial charge is 0.305 e. The molecule has 0 spiro atoms. The molecule has 2 aromatic rings. The fraction of sp³-hybridized carbons (Fsp3) is 0.250. The second kappa shape index (κ2) is 6.74. The summed E-state index contributed by atoms with van der Waals surface area (Å²) in [5.41, 5.74) is 2.23. The molecular weight excluding hydrogens is 284 g/mol. The molecule has 0 N–H and O–H groups in total. The lowest BCUT2D eigenvalue weighted by Gasteiger charge is -2.13. The SMILES string of the molecule is Cc1ccc(Sc2ccccc2CN(C)C)c([N+](=O)[O-])c1. The molecule has 0 unspecified atom stereocenters. The predicted molar refractivity (Wildman–Crippen MR) is 85.8 cm³/mol. The molecule has 0 amide bonds. The van der Waals surface area contributed by atoms with Crippen molar-refractivity contribution in [3.63, 3.8) is 0 Å². The molecule has 0 aliphatic rings. The first-order valence-corrected chi connectivity index (χ1v) is 7.44. The highest BCUT2D eigenvalue weighted by Gasteiger charge is 2.16. The Morgan fingerprint density at radius 3 is 2.52 bits per heavy atom. The summed E-state index contributed by atoms with van der Waals surface area (Å²) in [7, 11) is 4.02. The van der Waals surface area contributed by atoms with Crippen molar-refractivity contribution in [2.45, 2.75) is 23.3 Å². The van der Waals surface area contributed by atoms with E-state index in [-0.39, 0.29) is 10.6 Å². The molecule has 0 atom stereocenters. The summed E-state index contributed by atoms with van der Waals surface area (Å²) in [6.45, 7) is 2.67. The summed E-state index contributed by atoms with van der Waals surface area (Å²) in [5.74, 6) is 0. The molecule has 2 rings (SSSR count). The average molecular weight is 302 g/mol. The van der Waals surface area contributed by atoms with Crippen LogP contribution >= 0.6 is 11.8 Å². The standard InChI is InChI=1S/C16H18N2O2S/c1-12-8-9-16(14(10-12)18(19)20)21-15-7-5-4-6-13(15)11-17(2)3/h4-10H,11H2,1-3H3. The first-order chi connectivity index (χ1) is 9.97. The van der Waals surface area contributed by atoms with Crippen molar-refractivity contribution in [3.8, 4) is 0 Å². The normalized spacial score (nSPS) is 10.9. The van der Waals surface area contributed by atoms with Gasteiger partial charge in [-0.3, -0.25) is 10.1 Å². The van der Waals surface area contributed by atoms with Gasteiger partial charge >= 0.3 is 0 Å². The van der Waals surface area contributed by atoms with Gasteiger partial charge in [-0.1, -0.05) is 36.0 Å². The Morgan fingerprint density at radius 1 is 1.14 bits per heavy atom. The molecular formula is C16H18N2O2S. The van der Waals surface area contributed by atoms with Crippen LogP contribution in [0.3, 0.4) is 0 Å². The number of nitrogens with zero attached hydrogens (tertiary/aromatic N) is 2. The monoisotopic (exact) mass is 302 g/mol. The third-order valence-corrected chi connectivity index (χ3v) is 4.17. The summed E-state index contributed by atoms with van der Waals surface area (Å²) >= 11 is 1.45. The van der Waals surface area contributed by atoms with Crippen molar-refractivity contribution < 1.29 is 4.92 Å². The quantitative estimate of drug-likeness (QED) is 0.616. The topological polar surface area (TPSA) is 46.4 Å². The summed E-state index contributed by atoms with van der Waals surface area (Å²) in [5, 5.41) is 11.2. The van der Waals surface area contributed by atoms with Gasteiger partial charge in [0.15, 0.2) is 0 Å². The van der Waals surface area contributed by atoms with Gasteiger partial charge in [-0.25, -0.2) is 0 Å². The zero-order valence-electron chi connectivity index (χ0n) is 12.4. The van der Waals surface area contributed by atoms with Crippen LogP contribution in [0.1, 0.15) is 11.1 Å². The summed E-state index contributed by atoms with van der Waals surface area (Å²) in [6, 6.07) is 13.4. The van der Waals surface area contributed by atoms with Crippen LogP contribution in [0.5, 0.6) is 0 Å². The Morgan fingerprint density at radius 2 is 1.86 bits per heavy atom. The van der Waals surface area contributed by atoms with Gasteiger partial charge in [-0.15, -0.1) is 0 Å². The number of hydrogen-bond donors (Lipinski definition) is 0. The molecule has 110 valence electrons. The highest BCUT2D eigenvalue weighted by Crippen LogP contribution is 2.37. The van der Waals surface area contributed by atoms with Crippen molar-refractivity contribution in [2.24, 2.45) is 0 Å². The summed E-state index contributed by atoms with van der Waals surface area (Å²) in [4.78, 5) is 14.7. The maximum absolute atomic E-state index is 11.2. The molecule has 0 saturated heterocycles. The van der Waals surface area contributed by atoms with E-state index in [1.54, 1.807) is 6.07 Å². The van der Waals surface area contributed by atoms with Gasteiger partial charge in [-0.2, -0.15) is 0 Å². The van der Waals surface area contributed by atoms with E-state index in [9.17, 15) is 10.1 Å². The lowest BCUT2D eigenvalue weighted by atomic mass is 10.2. The van der Waals surface area contributed by atoms with Crippen LogP contribution in [0.25, 0.3) is 0 Å². The van der Waals surface area contributed by atoms with Crippen LogP contribution in [-0.4, -0.2) is 23.9 Å². The smallest absolute Gasteiger partial charge is 0.283 e. The van der Waals surface area contributed by atoms with Gasteiger partial charge in [0, 0.05) is 17.5 Å². The summed E-state index contributed by atoms with van der Waals surface area (Å²) < 4.78 is 0. The van der Waals surface area contributed by atoms with Crippen molar-refractivity contribution in [1.82, 2.24) is 4.90 Å². The Balaban J connectivity index is 2.37. The number of rotatable bonds is 5. The second-order valence-electron chi connectivity index (χ2n) is 5.18. The van der Waals surface area contributed by atoms with E-state index in [4.69, 9.17) is 0 Å². The van der Waals surface area contributed by atoms with Crippen LogP contribution in [0.2, 0.25) is 0 Å². The number of hydrogen-bond acceptors (Lipinski definition) is 4. The molecule has 4 nitrogen and oxygen atoms in total. The minimum absolute atomic E-state index is 0.166. The highest BCUT2D eigenvalue weighted by molar-refractivity contribution is 7.99. The number of nitro groups is 1. The van der Waals surface area contributed by atoms with E-state index in [1.165, 1.54) is 17.3 Å². The van der Waals surface area contributed by atoms with Crippen LogP contribution in [-0.2, 0) is 6.54 Å². The number of aryl methyl sites for hydroxylation is 1. The zero-order chi connectivity index (χ0) is 15.4. The maximum Gasteiger partial charge on any atom is 0.283 e. The van der Waals surface area contributed by atoms with E-state index in [0.29, 0.717) is 4.90 Å². The fourth-order valence-corrected chi connectivity index (χ4v) is 3.07. The lowest BCUT2D eigenvalue weighted by Crippen LogP contribution is -2.11. The third-order valence-electron chi connectivity index (χ3n) is 2.99. The molecule has 0 aliphatic carbocycles. The van der Waals surface area contributed by atoms with E-state index in [0.717, 1.165) is 17.0 Å². The first-order valence-electron chi connectivity index (χ1n) is 6.63. The van der Waals surface area contributed by atoms with Crippen molar-refractivity contribution >= 4 is 17.4 Å². The molecule has 0 bridgehead atoms. The van der Waals surface area contributed by atoms with Gasteiger partial charge < -0.3 is 4.90 Å². The Kier molecular flexibility index (Phi) is 4.98. The second-order valence-corrected chi connectivity index (χ2v) is 6.26. The molecule has 2 aromatic carbocycles. The summed E-state index contributed by atoms with van der Waals surface area (Å²) in [6.07, 6.45) is 0. The Hall–Kier alpha value is -1.85. The van der Waals surface area contributed by atoms with E-state index < -0.39 is 0 Å². The van der Waals surface area contributed by atoms with Gasteiger partial charge in [0.1, 0.15) is 0 Å².